The topological polar surface area (TPSA) is 0 Å². The largest absolute Gasteiger partial charge is 0.0772 e. The van der Waals surface area contributed by atoms with Gasteiger partial charge in [-0.05, 0) is 29.9 Å². The molecule has 0 heteroatoms. The van der Waals surface area contributed by atoms with Crippen molar-refractivity contribution in [3.05, 3.63) is 23.3 Å². The molecule has 10 heavy (non-hydrogen) atoms. The van der Waals surface area contributed by atoms with Gasteiger partial charge in [-0.25, -0.2) is 0 Å². The second kappa shape index (κ2) is 3.05. The van der Waals surface area contributed by atoms with Crippen molar-refractivity contribution in [2.75, 3.05) is 0 Å². The van der Waals surface area contributed by atoms with Crippen LogP contribution in [-0.4, -0.2) is 0 Å². The van der Waals surface area contributed by atoms with Crippen LogP contribution in [0.1, 0.15) is 33.6 Å². The van der Waals surface area contributed by atoms with Gasteiger partial charge in [0.15, 0.2) is 0 Å². The average molecular weight is 136 g/mol. The fourth-order valence-corrected chi connectivity index (χ4v) is 1.53. The van der Waals surface area contributed by atoms with Crippen molar-refractivity contribution in [1.82, 2.24) is 0 Å². The van der Waals surface area contributed by atoms with E-state index in [1.807, 2.05) is 0 Å². The predicted octanol–water partition coefficient (Wildman–Crippen LogP) is 3.31. The van der Waals surface area contributed by atoms with Crippen LogP contribution in [-0.2, 0) is 0 Å². The summed E-state index contributed by atoms with van der Waals surface area (Å²) in [5.41, 5.74) is 3.14. The van der Waals surface area contributed by atoms with Gasteiger partial charge in [-0.2, -0.15) is 0 Å². The third-order valence-corrected chi connectivity index (χ3v) is 2.08. The van der Waals surface area contributed by atoms with Gasteiger partial charge in [-0.1, -0.05) is 32.9 Å². The first-order valence-corrected chi connectivity index (χ1v) is 4.15. The van der Waals surface area contributed by atoms with E-state index in [-0.39, 0.29) is 0 Å². The first-order valence-electron chi connectivity index (χ1n) is 4.15. The number of rotatable bonds is 2. The highest BCUT2D eigenvalue weighted by molar-refractivity contribution is 5.37. The summed E-state index contributed by atoms with van der Waals surface area (Å²) in [4.78, 5) is 0. The molecule has 0 saturated heterocycles. The van der Waals surface area contributed by atoms with Crippen molar-refractivity contribution in [2.24, 2.45) is 5.92 Å². The van der Waals surface area contributed by atoms with E-state index in [2.05, 4.69) is 32.9 Å². The van der Waals surface area contributed by atoms with E-state index < -0.39 is 0 Å². The highest BCUT2D eigenvalue weighted by Gasteiger charge is 2.10. The van der Waals surface area contributed by atoms with Gasteiger partial charge < -0.3 is 0 Å². The molecule has 0 fully saturated rings. The Kier molecular flexibility index (Phi) is 2.31. The summed E-state index contributed by atoms with van der Waals surface area (Å²) in [6.07, 6.45) is 7.06. The SMILES string of the molecule is CCC1=CCC=C1C(C)C. The second-order valence-corrected chi connectivity index (χ2v) is 3.13. The summed E-state index contributed by atoms with van der Waals surface area (Å²) in [5, 5.41) is 0. The van der Waals surface area contributed by atoms with E-state index in [4.69, 9.17) is 0 Å². The smallest absolute Gasteiger partial charge is 0.0157 e. The molecule has 1 aliphatic carbocycles. The van der Waals surface area contributed by atoms with Crippen LogP contribution in [0.4, 0.5) is 0 Å². The first kappa shape index (κ1) is 7.59. The van der Waals surface area contributed by atoms with Crippen LogP contribution in [0.25, 0.3) is 0 Å². The highest BCUT2D eigenvalue weighted by atomic mass is 14.2. The van der Waals surface area contributed by atoms with Crippen molar-refractivity contribution in [3.63, 3.8) is 0 Å². The normalized spacial score (nSPS) is 17.6. The minimum absolute atomic E-state index is 0.716. The third kappa shape index (κ3) is 1.31. The van der Waals surface area contributed by atoms with E-state index in [1.54, 1.807) is 11.1 Å². The van der Waals surface area contributed by atoms with Crippen molar-refractivity contribution in [1.29, 1.82) is 0 Å². The molecule has 0 spiro atoms. The van der Waals surface area contributed by atoms with Crippen LogP contribution in [0.3, 0.4) is 0 Å². The molecule has 1 rings (SSSR count). The van der Waals surface area contributed by atoms with Crippen LogP contribution in [0.5, 0.6) is 0 Å². The molecule has 56 valence electrons. The molecule has 1 aliphatic rings. The molecule has 0 radical (unpaired) electrons. The summed E-state index contributed by atoms with van der Waals surface area (Å²) in [7, 11) is 0. The minimum atomic E-state index is 0.716. The maximum atomic E-state index is 2.35. The standard InChI is InChI=1S/C10H16/c1-4-9-6-5-7-10(9)8(2)3/h6-8H,4-5H2,1-3H3. The van der Waals surface area contributed by atoms with Gasteiger partial charge in [0.1, 0.15) is 0 Å². The predicted molar refractivity (Wildman–Crippen MR) is 45.9 cm³/mol. The maximum Gasteiger partial charge on any atom is -0.0157 e. The maximum absolute atomic E-state index is 2.35. The lowest BCUT2D eigenvalue weighted by Crippen LogP contribution is -1.93. The Balaban J connectivity index is 2.69. The zero-order chi connectivity index (χ0) is 7.56. The van der Waals surface area contributed by atoms with Crippen LogP contribution in [0.15, 0.2) is 23.3 Å². The molecular weight excluding hydrogens is 120 g/mol. The zero-order valence-corrected chi connectivity index (χ0v) is 7.15. The van der Waals surface area contributed by atoms with E-state index >= 15 is 0 Å². The van der Waals surface area contributed by atoms with Crippen LogP contribution < -0.4 is 0 Å². The second-order valence-electron chi connectivity index (χ2n) is 3.13. The Morgan fingerprint density at radius 1 is 1.40 bits per heavy atom. The summed E-state index contributed by atoms with van der Waals surface area (Å²) >= 11 is 0. The fourth-order valence-electron chi connectivity index (χ4n) is 1.53. The summed E-state index contributed by atoms with van der Waals surface area (Å²) in [5.74, 6) is 0.716. The number of allylic oxidation sites excluding steroid dienone is 4. The van der Waals surface area contributed by atoms with Crippen LogP contribution >= 0.6 is 0 Å². The molecule has 0 atom stereocenters. The molecule has 0 heterocycles. The van der Waals surface area contributed by atoms with Gasteiger partial charge in [0.2, 0.25) is 0 Å². The Labute approximate surface area is 63.6 Å². The molecule has 0 bridgehead atoms. The Morgan fingerprint density at radius 3 is 2.50 bits per heavy atom. The van der Waals surface area contributed by atoms with Gasteiger partial charge in [-0.15, -0.1) is 0 Å². The van der Waals surface area contributed by atoms with Crippen molar-refractivity contribution in [3.8, 4) is 0 Å². The first-order chi connectivity index (χ1) is 4.75. The molecule has 0 aliphatic heterocycles. The lowest BCUT2D eigenvalue weighted by atomic mass is 9.97. The van der Waals surface area contributed by atoms with Gasteiger partial charge in [0.05, 0.1) is 0 Å². The van der Waals surface area contributed by atoms with Gasteiger partial charge in [0, 0.05) is 0 Å². The average Bonchev–Trinajstić information content (AvgIpc) is 2.33. The van der Waals surface area contributed by atoms with Crippen molar-refractivity contribution >= 4 is 0 Å². The van der Waals surface area contributed by atoms with Gasteiger partial charge in [-0.3, -0.25) is 0 Å². The van der Waals surface area contributed by atoms with Crippen molar-refractivity contribution in [2.45, 2.75) is 33.6 Å². The third-order valence-electron chi connectivity index (χ3n) is 2.08. The Bertz CT molecular complexity index is 170. The Morgan fingerprint density at radius 2 is 2.10 bits per heavy atom. The fraction of sp³-hybridized carbons (Fsp3) is 0.600. The molecule has 0 aromatic carbocycles. The summed E-state index contributed by atoms with van der Waals surface area (Å²) in [6, 6.07) is 0. The zero-order valence-electron chi connectivity index (χ0n) is 7.15. The lowest BCUT2D eigenvalue weighted by Gasteiger charge is -2.09. The molecule has 0 aromatic heterocycles. The number of hydrogen-bond acceptors (Lipinski definition) is 0. The monoisotopic (exact) mass is 136 g/mol. The van der Waals surface area contributed by atoms with Gasteiger partial charge in [0.25, 0.3) is 0 Å². The summed E-state index contributed by atoms with van der Waals surface area (Å²) < 4.78 is 0. The Hall–Kier alpha value is -0.520. The molecular formula is C10H16. The quantitative estimate of drug-likeness (QED) is 0.546. The summed E-state index contributed by atoms with van der Waals surface area (Å²) in [6.45, 7) is 6.76. The van der Waals surface area contributed by atoms with Gasteiger partial charge >= 0.3 is 0 Å². The molecule has 0 saturated carbocycles. The van der Waals surface area contributed by atoms with E-state index in [1.165, 1.54) is 6.42 Å². The van der Waals surface area contributed by atoms with Crippen LogP contribution in [0.2, 0.25) is 0 Å². The number of hydrogen-bond donors (Lipinski definition) is 0. The van der Waals surface area contributed by atoms with E-state index in [0.29, 0.717) is 5.92 Å². The minimum Gasteiger partial charge on any atom is -0.0772 e. The van der Waals surface area contributed by atoms with Crippen LogP contribution in [0, 0.1) is 5.92 Å². The highest BCUT2D eigenvalue weighted by Crippen LogP contribution is 2.27. The molecule has 0 N–H and O–H groups in total. The lowest BCUT2D eigenvalue weighted by molar-refractivity contribution is 0.770. The van der Waals surface area contributed by atoms with E-state index in [9.17, 15) is 0 Å². The van der Waals surface area contributed by atoms with Crippen molar-refractivity contribution < 1.29 is 0 Å². The molecule has 0 nitrogen and oxygen atoms in total. The van der Waals surface area contributed by atoms with E-state index in [0.717, 1.165) is 6.42 Å². The molecule has 0 amide bonds. The molecule has 0 aromatic rings. The molecule has 0 unspecified atom stereocenters.